The Morgan fingerprint density at radius 2 is 2.00 bits per heavy atom. The average molecular weight is 337 g/mol. The maximum atomic E-state index is 12.1. The average Bonchev–Trinajstić information content (AvgIpc) is 3.17. The lowest BCUT2D eigenvalue weighted by molar-refractivity contribution is 0.0955. The van der Waals surface area contributed by atoms with Gasteiger partial charge in [-0.1, -0.05) is 12.1 Å². The van der Waals surface area contributed by atoms with Crippen LogP contribution in [0.2, 0.25) is 0 Å². The SMILES string of the molecule is COc1cccc(C(=O)N/N=C\c2ccc(N3CCCC3)cc2C)c1. The fourth-order valence-electron chi connectivity index (χ4n) is 2.97. The summed E-state index contributed by atoms with van der Waals surface area (Å²) in [7, 11) is 1.57. The molecule has 0 spiro atoms. The highest BCUT2D eigenvalue weighted by molar-refractivity contribution is 5.95. The van der Waals surface area contributed by atoms with Gasteiger partial charge in [-0.05, 0) is 61.2 Å². The first-order chi connectivity index (χ1) is 12.2. The fraction of sp³-hybridized carbons (Fsp3) is 0.300. The van der Waals surface area contributed by atoms with Gasteiger partial charge >= 0.3 is 0 Å². The molecule has 0 atom stereocenters. The number of amides is 1. The Bertz CT molecular complexity index is 780. The summed E-state index contributed by atoms with van der Waals surface area (Å²) in [4.78, 5) is 14.5. The normalized spacial score (nSPS) is 14.1. The first-order valence-electron chi connectivity index (χ1n) is 8.50. The van der Waals surface area contributed by atoms with Gasteiger partial charge in [0.2, 0.25) is 0 Å². The summed E-state index contributed by atoms with van der Waals surface area (Å²) in [6.45, 7) is 4.32. The van der Waals surface area contributed by atoms with Crippen LogP contribution in [0.4, 0.5) is 5.69 Å². The van der Waals surface area contributed by atoms with Gasteiger partial charge in [-0.2, -0.15) is 5.10 Å². The topological polar surface area (TPSA) is 53.9 Å². The largest absolute Gasteiger partial charge is 0.497 e. The minimum absolute atomic E-state index is 0.263. The standard InChI is InChI=1S/C20H23N3O2/c1-15-12-18(23-10-3-4-11-23)9-8-17(15)14-21-22-20(24)16-6-5-7-19(13-16)25-2/h5-9,12-14H,3-4,10-11H2,1-2H3,(H,22,24)/b21-14-. The summed E-state index contributed by atoms with van der Waals surface area (Å²) >= 11 is 0. The molecule has 0 unspecified atom stereocenters. The number of nitrogens with zero attached hydrogens (tertiary/aromatic N) is 2. The first kappa shape index (κ1) is 17.0. The van der Waals surface area contributed by atoms with Gasteiger partial charge in [-0.15, -0.1) is 0 Å². The van der Waals surface area contributed by atoms with Crippen molar-refractivity contribution in [2.75, 3.05) is 25.1 Å². The zero-order chi connectivity index (χ0) is 17.6. The zero-order valence-corrected chi connectivity index (χ0v) is 14.7. The van der Waals surface area contributed by atoms with Crippen LogP contribution >= 0.6 is 0 Å². The van der Waals surface area contributed by atoms with E-state index in [4.69, 9.17) is 4.74 Å². The Labute approximate surface area is 148 Å². The predicted molar refractivity (Wildman–Crippen MR) is 101 cm³/mol. The van der Waals surface area contributed by atoms with Crippen molar-refractivity contribution in [3.05, 3.63) is 59.2 Å². The number of aryl methyl sites for hydroxylation is 1. The Balaban J connectivity index is 1.64. The summed E-state index contributed by atoms with van der Waals surface area (Å²) in [6, 6.07) is 13.3. The van der Waals surface area contributed by atoms with Gasteiger partial charge in [-0.3, -0.25) is 4.79 Å². The number of ether oxygens (including phenoxy) is 1. The monoisotopic (exact) mass is 337 g/mol. The molecule has 2 aromatic rings. The number of hydrogen-bond donors (Lipinski definition) is 1. The lowest BCUT2D eigenvalue weighted by atomic mass is 10.1. The maximum Gasteiger partial charge on any atom is 0.271 e. The Morgan fingerprint density at radius 1 is 1.20 bits per heavy atom. The summed E-state index contributed by atoms with van der Waals surface area (Å²) in [6.07, 6.45) is 4.21. The Kier molecular flexibility index (Phi) is 5.33. The van der Waals surface area contributed by atoms with Crippen molar-refractivity contribution in [1.29, 1.82) is 0 Å². The number of anilines is 1. The molecular formula is C20H23N3O2. The number of rotatable bonds is 5. The summed E-state index contributed by atoms with van der Waals surface area (Å²) in [5, 5.41) is 4.08. The van der Waals surface area contributed by atoms with Gasteiger partial charge in [0, 0.05) is 24.3 Å². The first-order valence-corrected chi connectivity index (χ1v) is 8.50. The molecule has 1 aliphatic heterocycles. The van der Waals surface area contributed by atoms with Gasteiger partial charge in [-0.25, -0.2) is 5.43 Å². The maximum absolute atomic E-state index is 12.1. The van der Waals surface area contributed by atoms with E-state index in [0.29, 0.717) is 11.3 Å². The number of hydrogen-bond acceptors (Lipinski definition) is 4. The molecule has 0 aromatic heterocycles. The highest BCUT2D eigenvalue weighted by Crippen LogP contribution is 2.22. The van der Waals surface area contributed by atoms with E-state index in [1.165, 1.54) is 18.5 Å². The third-order valence-electron chi connectivity index (χ3n) is 4.43. The van der Waals surface area contributed by atoms with E-state index in [2.05, 4.69) is 34.5 Å². The number of hydrazone groups is 1. The van der Waals surface area contributed by atoms with E-state index in [1.807, 2.05) is 6.07 Å². The van der Waals surface area contributed by atoms with E-state index in [-0.39, 0.29) is 5.91 Å². The highest BCUT2D eigenvalue weighted by atomic mass is 16.5. The molecule has 1 aliphatic rings. The van der Waals surface area contributed by atoms with Crippen molar-refractivity contribution in [2.45, 2.75) is 19.8 Å². The molecule has 1 amide bonds. The molecule has 1 heterocycles. The molecule has 1 fully saturated rings. The molecule has 130 valence electrons. The lowest BCUT2D eigenvalue weighted by Gasteiger charge is -2.18. The van der Waals surface area contributed by atoms with E-state index in [1.54, 1.807) is 37.6 Å². The van der Waals surface area contributed by atoms with E-state index >= 15 is 0 Å². The van der Waals surface area contributed by atoms with Crippen LogP contribution in [0.15, 0.2) is 47.6 Å². The van der Waals surface area contributed by atoms with Crippen LogP contribution < -0.4 is 15.1 Å². The number of methoxy groups -OCH3 is 1. The van der Waals surface area contributed by atoms with Gasteiger partial charge in [0.15, 0.2) is 0 Å². The van der Waals surface area contributed by atoms with Crippen molar-refractivity contribution < 1.29 is 9.53 Å². The van der Waals surface area contributed by atoms with Crippen molar-refractivity contribution in [3.8, 4) is 5.75 Å². The zero-order valence-electron chi connectivity index (χ0n) is 14.7. The van der Waals surface area contributed by atoms with E-state index in [0.717, 1.165) is 24.2 Å². The smallest absolute Gasteiger partial charge is 0.271 e. The van der Waals surface area contributed by atoms with Crippen molar-refractivity contribution in [2.24, 2.45) is 5.10 Å². The minimum atomic E-state index is -0.263. The summed E-state index contributed by atoms with van der Waals surface area (Å²) in [5.41, 5.74) is 6.47. The molecule has 2 aromatic carbocycles. The second kappa shape index (κ2) is 7.83. The highest BCUT2D eigenvalue weighted by Gasteiger charge is 2.12. The second-order valence-corrected chi connectivity index (χ2v) is 6.17. The van der Waals surface area contributed by atoms with Gasteiger partial charge in [0.1, 0.15) is 5.75 Å². The number of carbonyl (C=O) groups is 1. The molecule has 0 aliphatic carbocycles. The van der Waals surface area contributed by atoms with Crippen LogP contribution in [-0.2, 0) is 0 Å². The van der Waals surface area contributed by atoms with Gasteiger partial charge in [0.05, 0.1) is 13.3 Å². The van der Waals surface area contributed by atoms with Crippen molar-refractivity contribution in [1.82, 2.24) is 5.43 Å². The fourth-order valence-corrected chi connectivity index (χ4v) is 2.97. The Morgan fingerprint density at radius 3 is 2.72 bits per heavy atom. The van der Waals surface area contributed by atoms with Crippen LogP contribution in [0, 0.1) is 6.92 Å². The Hall–Kier alpha value is -2.82. The van der Waals surface area contributed by atoms with E-state index in [9.17, 15) is 4.79 Å². The van der Waals surface area contributed by atoms with Gasteiger partial charge < -0.3 is 9.64 Å². The third-order valence-corrected chi connectivity index (χ3v) is 4.43. The molecule has 1 N–H and O–H groups in total. The van der Waals surface area contributed by atoms with Crippen LogP contribution in [0.1, 0.15) is 34.3 Å². The van der Waals surface area contributed by atoms with Gasteiger partial charge in [0.25, 0.3) is 5.91 Å². The molecule has 0 saturated carbocycles. The van der Waals surface area contributed by atoms with E-state index < -0.39 is 0 Å². The lowest BCUT2D eigenvalue weighted by Crippen LogP contribution is -2.18. The van der Waals surface area contributed by atoms with Crippen molar-refractivity contribution >= 4 is 17.8 Å². The molecular weight excluding hydrogens is 314 g/mol. The minimum Gasteiger partial charge on any atom is -0.497 e. The quantitative estimate of drug-likeness (QED) is 0.672. The van der Waals surface area contributed by atoms with Crippen LogP contribution in [0.25, 0.3) is 0 Å². The summed E-state index contributed by atoms with van der Waals surface area (Å²) in [5.74, 6) is 0.381. The molecule has 5 heteroatoms. The third kappa shape index (κ3) is 4.18. The molecule has 0 radical (unpaired) electrons. The number of nitrogens with one attached hydrogen (secondary N) is 1. The van der Waals surface area contributed by atoms with Crippen LogP contribution in [0.5, 0.6) is 5.75 Å². The van der Waals surface area contributed by atoms with Crippen molar-refractivity contribution in [3.63, 3.8) is 0 Å². The number of carbonyl (C=O) groups excluding carboxylic acids is 1. The predicted octanol–water partition coefficient (Wildman–Crippen LogP) is 3.37. The van der Waals surface area contributed by atoms with Crippen LogP contribution in [-0.4, -0.2) is 32.3 Å². The molecule has 1 saturated heterocycles. The second-order valence-electron chi connectivity index (χ2n) is 6.17. The summed E-state index contributed by atoms with van der Waals surface area (Å²) < 4.78 is 5.13. The molecule has 25 heavy (non-hydrogen) atoms. The molecule has 0 bridgehead atoms. The number of benzene rings is 2. The van der Waals surface area contributed by atoms with Crippen LogP contribution in [0.3, 0.4) is 0 Å². The molecule has 3 rings (SSSR count). The molecule has 5 nitrogen and oxygen atoms in total.